The number of allylic oxidation sites excluding steroid dienone is 1. The largest absolute Gasteiger partial charge is 0.494 e. The first-order chi connectivity index (χ1) is 22.1. The van der Waals surface area contributed by atoms with Crippen molar-refractivity contribution in [3.05, 3.63) is 142 Å². The molecule has 0 unspecified atom stereocenters. The van der Waals surface area contributed by atoms with Crippen LogP contribution in [0.5, 0.6) is 5.75 Å². The van der Waals surface area contributed by atoms with Gasteiger partial charge in [-0.3, -0.25) is 24.3 Å². The highest BCUT2D eigenvalue weighted by Crippen LogP contribution is 2.33. The lowest BCUT2D eigenvalue weighted by atomic mass is 9.95. The van der Waals surface area contributed by atoms with E-state index in [-0.39, 0.29) is 17.2 Å². The van der Waals surface area contributed by atoms with E-state index >= 15 is 0 Å². The Balaban J connectivity index is 1.43. The second-order valence-corrected chi connectivity index (χ2v) is 11.8. The van der Waals surface area contributed by atoms with Gasteiger partial charge < -0.3 is 14.5 Å². The Kier molecular flexibility index (Phi) is 8.25. The van der Waals surface area contributed by atoms with Gasteiger partial charge in [-0.2, -0.15) is 0 Å². The number of nitro benzene ring substituents is 1. The van der Waals surface area contributed by atoms with Crippen LogP contribution >= 0.6 is 11.3 Å². The van der Waals surface area contributed by atoms with Gasteiger partial charge in [-0.25, -0.2) is 4.99 Å². The molecule has 0 radical (unpaired) electrons. The van der Waals surface area contributed by atoms with Gasteiger partial charge in [0.05, 0.1) is 33.4 Å². The monoisotopic (exact) mass is 634 g/mol. The van der Waals surface area contributed by atoms with Crippen molar-refractivity contribution in [3.8, 4) is 17.1 Å². The molecule has 6 rings (SSSR count). The van der Waals surface area contributed by atoms with Crippen LogP contribution in [-0.2, 0) is 4.79 Å². The van der Waals surface area contributed by atoms with Crippen molar-refractivity contribution in [2.75, 3.05) is 11.9 Å². The second kappa shape index (κ2) is 12.4. The number of amides is 1. The molecule has 0 saturated heterocycles. The number of benzene rings is 3. The zero-order valence-electron chi connectivity index (χ0n) is 25.6. The van der Waals surface area contributed by atoms with Crippen LogP contribution in [-0.4, -0.2) is 22.0 Å². The van der Waals surface area contributed by atoms with E-state index in [1.54, 1.807) is 44.2 Å². The number of nitro groups is 1. The maximum absolute atomic E-state index is 14.1. The van der Waals surface area contributed by atoms with Gasteiger partial charge in [-0.05, 0) is 81.3 Å². The minimum atomic E-state index is -0.749. The molecule has 232 valence electrons. The van der Waals surface area contributed by atoms with Crippen molar-refractivity contribution >= 4 is 34.7 Å². The topological polar surface area (TPSA) is 129 Å². The average Bonchev–Trinajstić information content (AvgIpc) is 3.62. The molecule has 3 aromatic carbocycles. The van der Waals surface area contributed by atoms with Gasteiger partial charge in [0.25, 0.3) is 17.2 Å². The van der Waals surface area contributed by atoms with E-state index in [1.165, 1.54) is 22.0 Å². The molecule has 3 heterocycles. The summed E-state index contributed by atoms with van der Waals surface area (Å²) in [7, 11) is 0. The summed E-state index contributed by atoms with van der Waals surface area (Å²) in [6, 6.07) is 22.4. The highest BCUT2D eigenvalue weighted by atomic mass is 32.1. The molecule has 1 aliphatic heterocycles. The van der Waals surface area contributed by atoms with Crippen molar-refractivity contribution in [1.29, 1.82) is 0 Å². The lowest BCUT2D eigenvalue weighted by Crippen LogP contribution is -2.40. The van der Waals surface area contributed by atoms with Crippen molar-refractivity contribution in [3.63, 3.8) is 0 Å². The van der Waals surface area contributed by atoms with E-state index < -0.39 is 11.0 Å². The van der Waals surface area contributed by atoms with Gasteiger partial charge >= 0.3 is 0 Å². The van der Waals surface area contributed by atoms with Crippen LogP contribution in [0, 0.1) is 24.0 Å². The standard InChI is InChI=1S/C35H30N4O6S/c1-5-44-26-13-11-23(12-14-26)32-31(33(40)37-25-9-7-6-8-10-25)22(4)36-35-38(32)34(41)30(46-35)19-27-15-16-29(45-27)24-17-20(2)21(3)28(18-24)39(42)43/h6-19,32H,5H2,1-4H3,(H,37,40)/b30-19-/t32-/m1/s1. The number of fused-ring (bicyclic) bond motifs is 1. The SMILES string of the molecule is CCOc1ccc([C@@H]2C(C(=O)Nc3ccccc3)=C(C)N=c3s/c(=C\c4ccc(-c5cc(C)c(C)c([N+](=O)[O-])c5)o4)c(=O)n32)cc1. The fourth-order valence-corrected chi connectivity index (χ4v) is 6.47. The van der Waals surface area contributed by atoms with Crippen LogP contribution in [0.1, 0.15) is 42.3 Å². The van der Waals surface area contributed by atoms with Crippen molar-refractivity contribution < 1.29 is 18.9 Å². The van der Waals surface area contributed by atoms with E-state index in [0.717, 1.165) is 11.1 Å². The highest BCUT2D eigenvalue weighted by Gasteiger charge is 2.32. The number of ether oxygens (including phenoxy) is 1. The molecule has 2 aromatic heterocycles. The van der Waals surface area contributed by atoms with Gasteiger partial charge in [0.1, 0.15) is 17.3 Å². The van der Waals surface area contributed by atoms with Crippen molar-refractivity contribution in [1.82, 2.24) is 4.57 Å². The molecule has 46 heavy (non-hydrogen) atoms. The van der Waals surface area contributed by atoms with E-state index in [4.69, 9.17) is 14.1 Å². The molecule has 0 saturated carbocycles. The van der Waals surface area contributed by atoms with Gasteiger partial charge in [0.2, 0.25) is 0 Å². The molecule has 0 bridgehead atoms. The minimum Gasteiger partial charge on any atom is -0.494 e. The molecule has 0 aliphatic carbocycles. The molecular formula is C35H30N4O6S. The summed E-state index contributed by atoms with van der Waals surface area (Å²) >= 11 is 1.19. The Morgan fingerprint density at radius 3 is 2.52 bits per heavy atom. The number of thiazole rings is 1. The minimum absolute atomic E-state index is 0.0121. The first-order valence-corrected chi connectivity index (χ1v) is 15.4. The molecule has 1 aliphatic rings. The average molecular weight is 635 g/mol. The molecule has 10 nitrogen and oxygen atoms in total. The van der Waals surface area contributed by atoms with Crippen LogP contribution in [0.4, 0.5) is 11.4 Å². The number of carbonyl (C=O) groups is 1. The molecule has 1 atom stereocenters. The predicted octanol–water partition coefficient (Wildman–Crippen LogP) is 6.06. The number of rotatable bonds is 8. The molecular weight excluding hydrogens is 604 g/mol. The first-order valence-electron chi connectivity index (χ1n) is 14.6. The third-order valence-electron chi connectivity index (χ3n) is 7.83. The second-order valence-electron chi connectivity index (χ2n) is 10.8. The summed E-state index contributed by atoms with van der Waals surface area (Å²) in [5.41, 5.74) is 3.80. The van der Waals surface area contributed by atoms with Crippen LogP contribution < -0.4 is 24.9 Å². The number of aromatic nitrogens is 1. The van der Waals surface area contributed by atoms with Crippen molar-refractivity contribution in [2.45, 2.75) is 33.7 Å². The predicted molar refractivity (Wildman–Crippen MR) is 177 cm³/mol. The number of nitrogens with zero attached hydrogens (tertiary/aromatic N) is 3. The van der Waals surface area contributed by atoms with Crippen LogP contribution in [0.3, 0.4) is 0 Å². The fraction of sp³-hybridized carbons (Fsp3) is 0.171. The normalized spacial score (nSPS) is 14.5. The van der Waals surface area contributed by atoms with E-state index in [2.05, 4.69) is 5.32 Å². The number of anilines is 1. The maximum atomic E-state index is 14.1. The highest BCUT2D eigenvalue weighted by molar-refractivity contribution is 7.07. The zero-order chi connectivity index (χ0) is 32.5. The number of para-hydroxylation sites is 1. The smallest absolute Gasteiger partial charge is 0.273 e. The molecule has 0 spiro atoms. The van der Waals surface area contributed by atoms with Gasteiger partial charge in [-0.1, -0.05) is 41.7 Å². The molecule has 0 fully saturated rings. The van der Waals surface area contributed by atoms with E-state index in [9.17, 15) is 19.7 Å². The summed E-state index contributed by atoms with van der Waals surface area (Å²) in [6.45, 7) is 7.70. The van der Waals surface area contributed by atoms with E-state index in [1.807, 2.05) is 62.4 Å². The van der Waals surface area contributed by atoms with Crippen LogP contribution in [0.2, 0.25) is 0 Å². The summed E-state index contributed by atoms with van der Waals surface area (Å²) in [5, 5.41) is 14.5. The lowest BCUT2D eigenvalue weighted by Gasteiger charge is -2.25. The summed E-state index contributed by atoms with van der Waals surface area (Å²) in [5.74, 6) is 1.15. The molecule has 1 amide bonds. The van der Waals surface area contributed by atoms with E-state index in [0.29, 0.717) is 61.3 Å². The van der Waals surface area contributed by atoms with Crippen LogP contribution in [0.25, 0.3) is 17.4 Å². The number of aryl methyl sites for hydroxylation is 1. The fourth-order valence-electron chi connectivity index (χ4n) is 5.45. The van der Waals surface area contributed by atoms with Crippen LogP contribution in [0.15, 0.2) is 104 Å². The van der Waals surface area contributed by atoms with Gasteiger partial charge in [0.15, 0.2) is 4.80 Å². The summed E-state index contributed by atoms with van der Waals surface area (Å²) in [6.07, 6.45) is 1.63. The number of hydrogen-bond acceptors (Lipinski definition) is 8. The number of carbonyl (C=O) groups excluding carboxylic acids is 1. The third-order valence-corrected chi connectivity index (χ3v) is 8.81. The van der Waals surface area contributed by atoms with Gasteiger partial charge in [-0.15, -0.1) is 0 Å². The first kappa shape index (κ1) is 30.5. The van der Waals surface area contributed by atoms with Crippen molar-refractivity contribution in [2.24, 2.45) is 4.99 Å². The molecule has 11 heteroatoms. The summed E-state index contributed by atoms with van der Waals surface area (Å²) < 4.78 is 13.6. The zero-order valence-corrected chi connectivity index (χ0v) is 26.4. The number of furan rings is 1. The number of hydrogen-bond donors (Lipinski definition) is 1. The summed E-state index contributed by atoms with van der Waals surface area (Å²) in [4.78, 5) is 44.1. The Hall–Kier alpha value is -5.55. The number of nitrogens with one attached hydrogen (secondary N) is 1. The molecule has 5 aromatic rings. The van der Waals surface area contributed by atoms with Gasteiger partial charge in [0, 0.05) is 29.0 Å². The maximum Gasteiger partial charge on any atom is 0.273 e. The lowest BCUT2D eigenvalue weighted by molar-refractivity contribution is -0.385. The third kappa shape index (κ3) is 5.80. The quantitative estimate of drug-likeness (QED) is 0.163. The molecule has 1 N–H and O–H groups in total. The Labute approximate surface area is 267 Å². The Morgan fingerprint density at radius 2 is 1.83 bits per heavy atom. The Bertz CT molecular complexity index is 2190. The Morgan fingerprint density at radius 1 is 1.09 bits per heavy atom.